The average Bonchev–Trinajstić information content (AvgIpc) is 3.50. The van der Waals surface area contributed by atoms with Crippen LogP contribution in [0.25, 0.3) is 11.5 Å². The molecule has 1 saturated heterocycles. The molecule has 6 nitrogen and oxygen atoms in total. The average molecular weight is 429 g/mol. The number of carbonyl (C=O) groups is 1. The fourth-order valence-electron chi connectivity index (χ4n) is 4.11. The molecular weight excluding hydrogens is 405 g/mol. The molecule has 1 aliphatic heterocycles. The first-order valence-corrected chi connectivity index (χ1v) is 10.7. The van der Waals surface area contributed by atoms with E-state index in [2.05, 4.69) is 34.3 Å². The summed E-state index contributed by atoms with van der Waals surface area (Å²) in [6, 6.07) is 20.3. The number of amides is 1. The van der Waals surface area contributed by atoms with Gasteiger partial charge in [-0.1, -0.05) is 30.3 Å². The zero-order valence-electron chi connectivity index (χ0n) is 17.6. The number of hydrogen-bond acceptors (Lipinski definition) is 3. The van der Waals surface area contributed by atoms with Crippen molar-refractivity contribution in [3.63, 3.8) is 0 Å². The summed E-state index contributed by atoms with van der Waals surface area (Å²) in [5, 5.41) is 4.47. The number of carbonyl (C=O) groups excluding carboxylic acids is 1. The van der Waals surface area contributed by atoms with Crippen molar-refractivity contribution in [2.24, 2.45) is 0 Å². The predicted octanol–water partition coefficient (Wildman–Crippen LogP) is 3.76. The Kier molecular flexibility index (Phi) is 5.56. The van der Waals surface area contributed by atoms with Crippen LogP contribution in [-0.4, -0.2) is 56.2 Å². The molecule has 1 amide bonds. The molecule has 0 N–H and O–H groups in total. The maximum atomic E-state index is 13.5. The van der Waals surface area contributed by atoms with Gasteiger partial charge in [0, 0.05) is 45.1 Å². The van der Waals surface area contributed by atoms with E-state index in [0.29, 0.717) is 30.2 Å². The Morgan fingerprint density at radius 1 is 0.875 bits per heavy atom. The van der Waals surface area contributed by atoms with Crippen molar-refractivity contribution < 1.29 is 9.18 Å². The number of piperazine rings is 1. The van der Waals surface area contributed by atoms with Gasteiger partial charge in [-0.3, -0.25) is 9.69 Å². The van der Waals surface area contributed by atoms with Gasteiger partial charge in [-0.2, -0.15) is 5.10 Å². The Hall–Kier alpha value is -3.71. The van der Waals surface area contributed by atoms with Crippen LogP contribution in [0.1, 0.15) is 15.9 Å². The Bertz CT molecular complexity index is 1180. The molecule has 2 aromatic heterocycles. The zero-order chi connectivity index (χ0) is 21.9. The SMILES string of the molecule is O=C(c1cnn(-c2ccc(F)cc2)c1-n1cccc1)N1CCN(Cc2ccccc2)CC1. The van der Waals surface area contributed by atoms with Crippen molar-refractivity contribution in [1.29, 1.82) is 0 Å². The molecule has 0 aliphatic carbocycles. The highest BCUT2D eigenvalue weighted by Gasteiger charge is 2.27. The summed E-state index contributed by atoms with van der Waals surface area (Å²) in [5.74, 6) is 0.299. The summed E-state index contributed by atoms with van der Waals surface area (Å²) >= 11 is 0. The lowest BCUT2D eigenvalue weighted by molar-refractivity contribution is 0.0628. The van der Waals surface area contributed by atoms with Crippen molar-refractivity contribution in [1.82, 2.24) is 24.1 Å². The molecule has 0 radical (unpaired) electrons. The molecule has 4 aromatic rings. The molecule has 5 rings (SSSR count). The van der Waals surface area contributed by atoms with Crippen molar-refractivity contribution in [2.75, 3.05) is 26.2 Å². The third-order valence-corrected chi connectivity index (χ3v) is 5.80. The van der Waals surface area contributed by atoms with Crippen molar-refractivity contribution in [3.8, 4) is 11.5 Å². The van der Waals surface area contributed by atoms with E-state index in [1.165, 1.54) is 17.7 Å². The first-order valence-electron chi connectivity index (χ1n) is 10.7. The number of aromatic nitrogens is 3. The van der Waals surface area contributed by atoms with Crippen LogP contribution >= 0.6 is 0 Å². The number of rotatable bonds is 5. The van der Waals surface area contributed by atoms with Gasteiger partial charge >= 0.3 is 0 Å². The fourth-order valence-corrected chi connectivity index (χ4v) is 4.11. The van der Waals surface area contributed by atoms with Gasteiger partial charge in [0.15, 0.2) is 5.82 Å². The summed E-state index contributed by atoms with van der Waals surface area (Å²) in [6.07, 6.45) is 5.37. The van der Waals surface area contributed by atoms with Gasteiger partial charge in [-0.25, -0.2) is 9.07 Å². The molecule has 7 heteroatoms. The van der Waals surface area contributed by atoms with Gasteiger partial charge in [0.1, 0.15) is 11.4 Å². The molecule has 2 aromatic carbocycles. The van der Waals surface area contributed by atoms with Gasteiger partial charge in [-0.15, -0.1) is 0 Å². The summed E-state index contributed by atoms with van der Waals surface area (Å²) < 4.78 is 17.0. The summed E-state index contributed by atoms with van der Waals surface area (Å²) in [7, 11) is 0. The topological polar surface area (TPSA) is 46.3 Å². The Labute approximate surface area is 186 Å². The van der Waals surface area contributed by atoms with Crippen molar-refractivity contribution in [2.45, 2.75) is 6.54 Å². The Morgan fingerprint density at radius 2 is 1.56 bits per heavy atom. The van der Waals surface area contributed by atoms with Gasteiger partial charge in [0.25, 0.3) is 5.91 Å². The number of benzene rings is 2. The van der Waals surface area contributed by atoms with Crippen LogP contribution in [0.2, 0.25) is 0 Å². The van der Waals surface area contributed by atoms with E-state index in [-0.39, 0.29) is 11.7 Å². The monoisotopic (exact) mass is 429 g/mol. The minimum atomic E-state index is -0.312. The first kappa shape index (κ1) is 20.2. The lowest BCUT2D eigenvalue weighted by Crippen LogP contribution is -2.48. The Morgan fingerprint density at radius 3 is 2.25 bits per heavy atom. The highest BCUT2D eigenvalue weighted by molar-refractivity contribution is 5.97. The van der Waals surface area contributed by atoms with Gasteiger partial charge < -0.3 is 9.47 Å². The van der Waals surface area contributed by atoms with Crippen LogP contribution in [-0.2, 0) is 6.54 Å². The number of halogens is 1. The van der Waals surface area contributed by atoms with E-state index in [1.54, 1.807) is 23.0 Å². The van der Waals surface area contributed by atoms with E-state index < -0.39 is 0 Å². The van der Waals surface area contributed by atoms with Crippen LogP contribution in [0.15, 0.2) is 85.3 Å². The van der Waals surface area contributed by atoms with Gasteiger partial charge in [0.05, 0.1) is 11.9 Å². The first-order chi connectivity index (χ1) is 15.7. The molecule has 1 aliphatic rings. The molecule has 32 heavy (non-hydrogen) atoms. The molecule has 0 bridgehead atoms. The largest absolute Gasteiger partial charge is 0.336 e. The van der Waals surface area contributed by atoms with E-state index in [9.17, 15) is 9.18 Å². The summed E-state index contributed by atoms with van der Waals surface area (Å²) in [5.41, 5.74) is 2.51. The van der Waals surface area contributed by atoms with Crippen molar-refractivity contribution in [3.05, 3.63) is 102 Å². The molecule has 0 saturated carbocycles. The fraction of sp³-hybridized carbons (Fsp3) is 0.200. The molecule has 0 atom stereocenters. The van der Waals surface area contributed by atoms with E-state index in [0.717, 1.165) is 19.6 Å². The van der Waals surface area contributed by atoms with Crippen molar-refractivity contribution >= 4 is 5.91 Å². The second kappa shape index (κ2) is 8.80. The number of hydrogen-bond donors (Lipinski definition) is 0. The van der Waals surface area contributed by atoms with Crippen LogP contribution in [0.5, 0.6) is 0 Å². The normalized spacial score (nSPS) is 14.6. The third kappa shape index (κ3) is 4.07. The summed E-state index contributed by atoms with van der Waals surface area (Å²) in [6.45, 7) is 3.87. The Balaban J connectivity index is 1.37. The van der Waals surface area contributed by atoms with E-state index in [4.69, 9.17) is 0 Å². The maximum Gasteiger partial charge on any atom is 0.259 e. The van der Waals surface area contributed by atoms with Crippen LogP contribution in [0.3, 0.4) is 0 Å². The van der Waals surface area contributed by atoms with Gasteiger partial charge in [-0.05, 0) is 42.0 Å². The highest BCUT2D eigenvalue weighted by atomic mass is 19.1. The molecule has 0 unspecified atom stereocenters. The standard InChI is InChI=1S/C25H24FN5O/c26-21-8-10-22(11-9-21)31-24(29-12-4-5-13-29)23(18-27-31)25(32)30-16-14-28(15-17-30)19-20-6-2-1-3-7-20/h1-13,18H,14-17,19H2. The van der Waals surface area contributed by atoms with E-state index >= 15 is 0 Å². The third-order valence-electron chi connectivity index (χ3n) is 5.80. The second-order valence-corrected chi connectivity index (χ2v) is 7.91. The molecule has 162 valence electrons. The highest BCUT2D eigenvalue weighted by Crippen LogP contribution is 2.22. The predicted molar refractivity (Wildman–Crippen MR) is 120 cm³/mol. The zero-order valence-corrected chi connectivity index (χ0v) is 17.6. The molecular formula is C25H24FN5O. The smallest absolute Gasteiger partial charge is 0.259 e. The van der Waals surface area contributed by atoms with E-state index in [1.807, 2.05) is 40.1 Å². The lowest BCUT2D eigenvalue weighted by Gasteiger charge is -2.34. The minimum absolute atomic E-state index is 0.0403. The lowest BCUT2D eigenvalue weighted by atomic mass is 10.2. The van der Waals surface area contributed by atoms with Crippen LogP contribution in [0.4, 0.5) is 4.39 Å². The summed E-state index contributed by atoms with van der Waals surface area (Å²) in [4.78, 5) is 17.7. The molecule has 3 heterocycles. The van der Waals surface area contributed by atoms with Crippen LogP contribution < -0.4 is 0 Å². The molecule has 1 fully saturated rings. The number of nitrogens with zero attached hydrogens (tertiary/aromatic N) is 5. The van der Waals surface area contributed by atoms with Gasteiger partial charge in [0.2, 0.25) is 0 Å². The van der Waals surface area contributed by atoms with Crippen LogP contribution in [0, 0.1) is 5.82 Å². The maximum absolute atomic E-state index is 13.5. The second-order valence-electron chi connectivity index (χ2n) is 7.91. The quantitative estimate of drug-likeness (QED) is 0.485. The minimum Gasteiger partial charge on any atom is -0.336 e. The molecule has 0 spiro atoms.